The van der Waals surface area contributed by atoms with Crippen molar-refractivity contribution in [3.63, 3.8) is 0 Å². The molecule has 0 aliphatic rings. The van der Waals surface area contributed by atoms with Crippen LogP contribution >= 0.6 is 0 Å². The van der Waals surface area contributed by atoms with Crippen molar-refractivity contribution in [2.24, 2.45) is 0 Å². The molecular formula is C18H17NO5S2. The average Bonchev–Trinajstić information content (AvgIpc) is 2.59. The number of aryl methyl sites for hydroxylation is 1. The molecule has 3 aromatic rings. The highest BCUT2D eigenvalue weighted by Crippen LogP contribution is 2.34. The molecule has 0 spiro atoms. The van der Waals surface area contributed by atoms with E-state index in [4.69, 9.17) is 4.18 Å². The SMILES string of the molecule is Cc1cc(NS(=O)Oc2cccc(S(C)(=O)=O)c2)c2ccccc2c1O. The van der Waals surface area contributed by atoms with Crippen LogP contribution in [0.15, 0.2) is 59.5 Å². The first-order valence-electron chi connectivity index (χ1n) is 7.64. The fraction of sp³-hybridized carbons (Fsp3) is 0.111. The Bertz CT molecular complexity index is 1110. The zero-order chi connectivity index (χ0) is 18.9. The molecule has 0 fully saturated rings. The third-order valence-electron chi connectivity index (χ3n) is 3.81. The van der Waals surface area contributed by atoms with Gasteiger partial charge in [0.05, 0.1) is 10.6 Å². The number of benzene rings is 3. The van der Waals surface area contributed by atoms with Crippen LogP contribution in [0.25, 0.3) is 10.8 Å². The Morgan fingerprint density at radius 2 is 1.73 bits per heavy atom. The molecule has 0 aliphatic heterocycles. The van der Waals surface area contributed by atoms with Crippen molar-refractivity contribution in [1.82, 2.24) is 0 Å². The van der Waals surface area contributed by atoms with Gasteiger partial charge in [-0.25, -0.2) is 8.42 Å². The second-order valence-electron chi connectivity index (χ2n) is 5.80. The summed E-state index contributed by atoms with van der Waals surface area (Å²) in [6.07, 6.45) is 1.09. The van der Waals surface area contributed by atoms with E-state index in [0.717, 1.165) is 6.26 Å². The topological polar surface area (TPSA) is 92.7 Å². The summed E-state index contributed by atoms with van der Waals surface area (Å²) >= 11 is -1.95. The van der Waals surface area contributed by atoms with Gasteiger partial charge in [-0.1, -0.05) is 30.3 Å². The van der Waals surface area contributed by atoms with Gasteiger partial charge in [-0.2, -0.15) is 4.21 Å². The lowest BCUT2D eigenvalue weighted by Gasteiger charge is -2.13. The average molecular weight is 391 g/mol. The monoisotopic (exact) mass is 391 g/mol. The van der Waals surface area contributed by atoms with Crippen LogP contribution < -0.4 is 8.91 Å². The summed E-state index contributed by atoms with van der Waals surface area (Å²) in [5.41, 5.74) is 1.16. The Morgan fingerprint density at radius 3 is 2.42 bits per heavy atom. The zero-order valence-corrected chi connectivity index (χ0v) is 15.7. The first kappa shape index (κ1) is 18.2. The standard InChI is InChI=1S/C18H17NO5S2/c1-12-10-17(15-8-3-4-9-16(15)18(12)20)19-25(21)24-13-6-5-7-14(11-13)26(2,22)23/h3-11,19-20H,1-2H3. The lowest BCUT2D eigenvalue weighted by molar-refractivity contribution is 0.477. The van der Waals surface area contributed by atoms with Crippen molar-refractivity contribution < 1.29 is 21.9 Å². The van der Waals surface area contributed by atoms with Gasteiger partial charge in [0, 0.05) is 23.1 Å². The maximum atomic E-state index is 12.3. The van der Waals surface area contributed by atoms with Crippen LogP contribution in [-0.2, 0) is 21.1 Å². The van der Waals surface area contributed by atoms with Crippen LogP contribution in [0.2, 0.25) is 0 Å². The highest BCUT2D eigenvalue weighted by Gasteiger charge is 2.13. The quantitative estimate of drug-likeness (QED) is 0.651. The normalized spacial score (nSPS) is 12.7. The molecule has 0 saturated carbocycles. The minimum Gasteiger partial charge on any atom is -0.507 e. The van der Waals surface area contributed by atoms with E-state index < -0.39 is 21.1 Å². The summed E-state index contributed by atoms with van der Waals surface area (Å²) in [5.74, 6) is 0.331. The van der Waals surface area contributed by atoms with Gasteiger partial charge in [0.15, 0.2) is 9.84 Å². The molecule has 0 aliphatic carbocycles. The molecule has 136 valence electrons. The summed E-state index contributed by atoms with van der Waals surface area (Å²) < 4.78 is 43.6. The van der Waals surface area contributed by atoms with Gasteiger partial charge < -0.3 is 9.29 Å². The highest BCUT2D eigenvalue weighted by molar-refractivity contribution is 7.90. The van der Waals surface area contributed by atoms with E-state index in [-0.39, 0.29) is 16.4 Å². The van der Waals surface area contributed by atoms with Crippen molar-refractivity contribution in [3.05, 3.63) is 60.2 Å². The number of phenolic OH excluding ortho intramolecular Hbond substituents is 1. The number of fused-ring (bicyclic) bond motifs is 1. The first-order chi connectivity index (χ1) is 12.3. The fourth-order valence-corrected chi connectivity index (χ4v) is 3.86. The van der Waals surface area contributed by atoms with Crippen LogP contribution in [0, 0.1) is 6.92 Å². The van der Waals surface area contributed by atoms with Crippen LogP contribution in [0.5, 0.6) is 11.5 Å². The van der Waals surface area contributed by atoms with Crippen LogP contribution in [-0.4, -0.2) is 24.0 Å². The molecule has 2 N–H and O–H groups in total. The molecule has 1 unspecified atom stereocenters. The molecule has 6 nitrogen and oxygen atoms in total. The Hall–Kier alpha value is -2.58. The van der Waals surface area contributed by atoms with E-state index >= 15 is 0 Å². The van der Waals surface area contributed by atoms with Gasteiger partial charge in [-0.05, 0) is 30.7 Å². The fourth-order valence-electron chi connectivity index (χ4n) is 2.54. The van der Waals surface area contributed by atoms with E-state index in [1.165, 1.54) is 24.3 Å². The number of hydrogen-bond donors (Lipinski definition) is 2. The third kappa shape index (κ3) is 3.81. The molecule has 26 heavy (non-hydrogen) atoms. The van der Waals surface area contributed by atoms with Crippen molar-refractivity contribution >= 4 is 37.6 Å². The number of nitrogens with one attached hydrogen (secondary N) is 1. The zero-order valence-electron chi connectivity index (χ0n) is 14.1. The van der Waals surface area contributed by atoms with Gasteiger partial charge in [0.2, 0.25) is 0 Å². The molecule has 1 atom stereocenters. The molecule has 3 rings (SSSR count). The Kier molecular flexibility index (Phi) is 4.88. The second-order valence-corrected chi connectivity index (χ2v) is 8.66. The van der Waals surface area contributed by atoms with Gasteiger partial charge in [-0.3, -0.25) is 4.72 Å². The van der Waals surface area contributed by atoms with Crippen molar-refractivity contribution in [1.29, 1.82) is 0 Å². The van der Waals surface area contributed by atoms with Crippen molar-refractivity contribution in [2.75, 3.05) is 11.0 Å². The molecule has 0 amide bonds. The molecule has 3 aromatic carbocycles. The van der Waals surface area contributed by atoms with E-state index in [1.54, 1.807) is 31.2 Å². The van der Waals surface area contributed by atoms with Crippen LogP contribution in [0.4, 0.5) is 5.69 Å². The summed E-state index contributed by atoms with van der Waals surface area (Å²) in [6.45, 7) is 1.74. The van der Waals surface area contributed by atoms with Gasteiger partial charge in [-0.15, -0.1) is 0 Å². The number of anilines is 1. The van der Waals surface area contributed by atoms with E-state index in [1.807, 2.05) is 6.07 Å². The molecule has 0 aromatic heterocycles. The lowest BCUT2D eigenvalue weighted by atomic mass is 10.0. The number of aromatic hydroxyl groups is 1. The predicted molar refractivity (Wildman–Crippen MR) is 102 cm³/mol. The van der Waals surface area contributed by atoms with E-state index in [0.29, 0.717) is 22.0 Å². The number of sulfone groups is 1. The van der Waals surface area contributed by atoms with Gasteiger partial charge >= 0.3 is 11.3 Å². The minimum atomic E-state index is -3.39. The minimum absolute atomic E-state index is 0.0814. The maximum absolute atomic E-state index is 12.3. The third-order valence-corrected chi connectivity index (χ3v) is 5.65. The van der Waals surface area contributed by atoms with Gasteiger partial charge in [0.1, 0.15) is 11.5 Å². The van der Waals surface area contributed by atoms with E-state index in [9.17, 15) is 17.7 Å². The molecule has 8 heteroatoms. The molecule has 0 radical (unpaired) electrons. The Labute approximate surface area is 154 Å². The summed E-state index contributed by atoms with van der Waals surface area (Å²) in [7, 11) is -3.39. The maximum Gasteiger partial charge on any atom is 0.316 e. The second kappa shape index (κ2) is 6.97. The number of rotatable bonds is 5. The smallest absolute Gasteiger partial charge is 0.316 e. The number of phenols is 1. The Balaban J connectivity index is 1.88. The molecule has 0 bridgehead atoms. The molecule has 0 heterocycles. The predicted octanol–water partition coefficient (Wildman–Crippen LogP) is 3.33. The largest absolute Gasteiger partial charge is 0.507 e. The summed E-state index contributed by atoms with van der Waals surface area (Å²) in [4.78, 5) is 0.0814. The molecule has 0 saturated heterocycles. The van der Waals surface area contributed by atoms with Gasteiger partial charge in [0.25, 0.3) is 0 Å². The van der Waals surface area contributed by atoms with Crippen molar-refractivity contribution in [2.45, 2.75) is 11.8 Å². The first-order valence-corrected chi connectivity index (χ1v) is 10.6. The van der Waals surface area contributed by atoms with Crippen LogP contribution in [0.1, 0.15) is 5.56 Å². The highest BCUT2D eigenvalue weighted by atomic mass is 32.2. The Morgan fingerprint density at radius 1 is 1.04 bits per heavy atom. The summed E-state index contributed by atoms with van der Waals surface area (Å²) in [6, 6.07) is 14.6. The summed E-state index contributed by atoms with van der Waals surface area (Å²) in [5, 5.41) is 11.5. The van der Waals surface area contributed by atoms with Crippen molar-refractivity contribution in [3.8, 4) is 11.5 Å². The molecular weight excluding hydrogens is 374 g/mol. The number of hydrogen-bond acceptors (Lipinski definition) is 5. The lowest BCUT2D eigenvalue weighted by Crippen LogP contribution is -2.12. The van der Waals surface area contributed by atoms with Crippen LogP contribution in [0.3, 0.4) is 0 Å². The van der Waals surface area contributed by atoms with E-state index in [2.05, 4.69) is 4.72 Å².